The van der Waals surface area contributed by atoms with Gasteiger partial charge in [0.25, 0.3) is 17.5 Å². The van der Waals surface area contributed by atoms with Crippen molar-refractivity contribution in [2.75, 3.05) is 11.9 Å². The smallest absolute Gasteiger partial charge is 0.273 e. The summed E-state index contributed by atoms with van der Waals surface area (Å²) >= 11 is 6.13. The van der Waals surface area contributed by atoms with Crippen LogP contribution in [0.25, 0.3) is 0 Å². The predicted octanol–water partition coefficient (Wildman–Crippen LogP) is 3.95. The number of nitrogens with one attached hydrogen (secondary N) is 2. The van der Waals surface area contributed by atoms with Gasteiger partial charge in [-0.25, -0.2) is 0 Å². The normalized spacial score (nSPS) is 10.3. The molecule has 0 aliphatic carbocycles. The summed E-state index contributed by atoms with van der Waals surface area (Å²) in [6.45, 7) is 4.00. The van der Waals surface area contributed by atoms with Crippen LogP contribution in [0.1, 0.15) is 39.6 Å². The Morgan fingerprint density at radius 2 is 1.88 bits per heavy atom. The fourth-order valence-electron chi connectivity index (χ4n) is 2.38. The van der Waals surface area contributed by atoms with Crippen LogP contribution < -0.4 is 10.6 Å². The summed E-state index contributed by atoms with van der Waals surface area (Å²) in [7, 11) is 0. The van der Waals surface area contributed by atoms with E-state index in [0.717, 1.165) is 6.42 Å². The zero-order valence-electron chi connectivity index (χ0n) is 14.3. The fraction of sp³-hybridized carbons (Fsp3) is 0.222. The van der Waals surface area contributed by atoms with Crippen LogP contribution in [-0.4, -0.2) is 23.3 Å². The van der Waals surface area contributed by atoms with E-state index >= 15 is 0 Å². The summed E-state index contributed by atoms with van der Waals surface area (Å²) < 4.78 is 0. The van der Waals surface area contributed by atoms with E-state index in [1.54, 1.807) is 6.07 Å². The number of anilines is 1. The molecule has 7 nitrogen and oxygen atoms in total. The van der Waals surface area contributed by atoms with Gasteiger partial charge in [-0.05, 0) is 37.6 Å². The largest absolute Gasteiger partial charge is 0.352 e. The number of halogens is 1. The number of nitro benzene ring substituents is 1. The van der Waals surface area contributed by atoms with E-state index in [0.29, 0.717) is 17.8 Å². The van der Waals surface area contributed by atoms with Gasteiger partial charge in [-0.3, -0.25) is 19.7 Å². The maximum Gasteiger partial charge on any atom is 0.273 e. The second-order valence-corrected chi connectivity index (χ2v) is 6.02. The monoisotopic (exact) mass is 375 g/mol. The number of nitrogens with zero attached hydrogens (tertiary/aromatic N) is 1. The molecule has 8 heteroatoms. The van der Waals surface area contributed by atoms with Gasteiger partial charge in [0, 0.05) is 29.4 Å². The van der Waals surface area contributed by atoms with Crippen molar-refractivity contribution in [1.82, 2.24) is 5.32 Å². The Labute approximate surface area is 155 Å². The first-order valence-corrected chi connectivity index (χ1v) is 8.36. The summed E-state index contributed by atoms with van der Waals surface area (Å²) in [4.78, 5) is 34.9. The standard InChI is InChI=1S/C18H18ClN3O4/c1-3-9-20-17(23)14-8-7-12(10-15(14)19)21-18(24)13-5-4-6-16(11(13)2)22(25)26/h4-8,10H,3,9H2,1-2H3,(H,20,23)(H,21,24). The molecule has 2 rings (SSSR count). The SMILES string of the molecule is CCCNC(=O)c1ccc(NC(=O)c2cccc([N+](=O)[O-])c2C)cc1Cl. The van der Waals surface area contributed by atoms with Gasteiger partial charge >= 0.3 is 0 Å². The van der Waals surface area contributed by atoms with Crippen LogP contribution in [0.15, 0.2) is 36.4 Å². The highest BCUT2D eigenvalue weighted by Crippen LogP contribution is 2.24. The molecule has 0 aromatic heterocycles. The van der Waals surface area contributed by atoms with Gasteiger partial charge in [-0.15, -0.1) is 0 Å². The molecule has 2 aromatic carbocycles. The van der Waals surface area contributed by atoms with Crippen LogP contribution in [0.5, 0.6) is 0 Å². The predicted molar refractivity (Wildman–Crippen MR) is 99.9 cm³/mol. The van der Waals surface area contributed by atoms with Gasteiger partial charge in [0.2, 0.25) is 0 Å². The maximum atomic E-state index is 12.4. The number of benzene rings is 2. The van der Waals surface area contributed by atoms with Gasteiger partial charge in [-0.2, -0.15) is 0 Å². The molecule has 26 heavy (non-hydrogen) atoms. The van der Waals surface area contributed by atoms with E-state index in [-0.39, 0.29) is 27.7 Å². The molecule has 0 fully saturated rings. The third-order valence-electron chi connectivity index (χ3n) is 3.75. The summed E-state index contributed by atoms with van der Waals surface area (Å²) in [5.41, 5.74) is 1.04. The number of amides is 2. The highest BCUT2D eigenvalue weighted by atomic mass is 35.5. The molecule has 0 aliphatic heterocycles. The van der Waals surface area contributed by atoms with Gasteiger partial charge in [0.05, 0.1) is 15.5 Å². The molecule has 2 aromatic rings. The maximum absolute atomic E-state index is 12.4. The van der Waals surface area contributed by atoms with Gasteiger partial charge in [0.15, 0.2) is 0 Å². The minimum Gasteiger partial charge on any atom is -0.352 e. The third kappa shape index (κ3) is 4.37. The quantitative estimate of drug-likeness (QED) is 0.589. The van der Waals surface area contributed by atoms with Crippen LogP contribution in [0, 0.1) is 17.0 Å². The lowest BCUT2D eigenvalue weighted by Gasteiger charge is -2.10. The molecule has 0 bridgehead atoms. The molecule has 2 N–H and O–H groups in total. The molecule has 0 saturated heterocycles. The average Bonchev–Trinajstić information content (AvgIpc) is 2.59. The van der Waals surface area contributed by atoms with E-state index in [2.05, 4.69) is 10.6 Å². The lowest BCUT2D eigenvalue weighted by molar-refractivity contribution is -0.385. The molecule has 0 heterocycles. The van der Waals surface area contributed by atoms with Crippen LogP contribution in [-0.2, 0) is 0 Å². The van der Waals surface area contributed by atoms with Crippen LogP contribution in [0.3, 0.4) is 0 Å². The number of carbonyl (C=O) groups is 2. The number of nitro groups is 1. The molecule has 0 unspecified atom stereocenters. The van der Waals surface area contributed by atoms with Crippen molar-refractivity contribution in [3.63, 3.8) is 0 Å². The first-order chi connectivity index (χ1) is 12.3. The first-order valence-electron chi connectivity index (χ1n) is 7.98. The highest BCUT2D eigenvalue weighted by Gasteiger charge is 2.18. The fourth-order valence-corrected chi connectivity index (χ4v) is 2.64. The molecule has 0 radical (unpaired) electrons. The molecule has 0 atom stereocenters. The minimum absolute atomic E-state index is 0.126. The third-order valence-corrected chi connectivity index (χ3v) is 4.07. The summed E-state index contributed by atoms with van der Waals surface area (Å²) in [5, 5.41) is 16.6. The Kier molecular flexibility index (Phi) is 6.30. The molecule has 0 saturated carbocycles. The van der Waals surface area contributed by atoms with E-state index in [1.807, 2.05) is 6.92 Å². The van der Waals surface area contributed by atoms with Crippen LogP contribution in [0.4, 0.5) is 11.4 Å². The zero-order chi connectivity index (χ0) is 19.3. The molecule has 2 amide bonds. The lowest BCUT2D eigenvalue weighted by atomic mass is 10.1. The van der Waals surface area contributed by atoms with Crippen molar-refractivity contribution in [2.45, 2.75) is 20.3 Å². The zero-order valence-corrected chi connectivity index (χ0v) is 15.1. The van der Waals surface area contributed by atoms with Crippen molar-refractivity contribution in [3.05, 3.63) is 68.2 Å². The number of rotatable bonds is 6. The molecular weight excluding hydrogens is 358 g/mol. The van der Waals surface area contributed by atoms with Gasteiger partial charge in [0.1, 0.15) is 0 Å². The summed E-state index contributed by atoms with van der Waals surface area (Å²) in [5.74, 6) is -0.783. The number of hydrogen-bond donors (Lipinski definition) is 2. The van der Waals surface area contributed by atoms with Crippen molar-refractivity contribution in [3.8, 4) is 0 Å². The molecule has 136 valence electrons. The van der Waals surface area contributed by atoms with Gasteiger partial charge < -0.3 is 10.6 Å². The van der Waals surface area contributed by atoms with Crippen LogP contribution in [0.2, 0.25) is 5.02 Å². The van der Waals surface area contributed by atoms with Crippen molar-refractivity contribution >= 4 is 34.8 Å². The van der Waals surface area contributed by atoms with E-state index in [9.17, 15) is 19.7 Å². The first kappa shape index (κ1) is 19.4. The van der Waals surface area contributed by atoms with E-state index in [1.165, 1.54) is 37.3 Å². The number of carbonyl (C=O) groups excluding carboxylic acids is 2. The molecule has 0 spiro atoms. The topological polar surface area (TPSA) is 101 Å². The Bertz CT molecular complexity index is 868. The Morgan fingerprint density at radius 3 is 2.50 bits per heavy atom. The van der Waals surface area contributed by atoms with Crippen molar-refractivity contribution < 1.29 is 14.5 Å². The van der Waals surface area contributed by atoms with Crippen LogP contribution >= 0.6 is 11.6 Å². The Morgan fingerprint density at radius 1 is 1.15 bits per heavy atom. The second kappa shape index (κ2) is 8.44. The molecule has 0 aliphatic rings. The minimum atomic E-state index is -0.535. The van der Waals surface area contributed by atoms with Gasteiger partial charge in [-0.1, -0.05) is 24.6 Å². The highest BCUT2D eigenvalue weighted by molar-refractivity contribution is 6.34. The average molecular weight is 376 g/mol. The summed E-state index contributed by atoms with van der Waals surface area (Å²) in [6, 6.07) is 8.83. The van der Waals surface area contributed by atoms with E-state index < -0.39 is 10.8 Å². The lowest BCUT2D eigenvalue weighted by Crippen LogP contribution is -2.24. The Hall–Kier alpha value is -2.93. The second-order valence-electron chi connectivity index (χ2n) is 5.61. The summed E-state index contributed by atoms with van der Waals surface area (Å²) in [6.07, 6.45) is 0.806. The number of hydrogen-bond acceptors (Lipinski definition) is 4. The van der Waals surface area contributed by atoms with Crippen molar-refractivity contribution in [2.24, 2.45) is 0 Å². The Balaban J connectivity index is 2.20. The van der Waals surface area contributed by atoms with E-state index in [4.69, 9.17) is 11.6 Å². The molecular formula is C18H18ClN3O4. The van der Waals surface area contributed by atoms with Crippen molar-refractivity contribution in [1.29, 1.82) is 0 Å².